The summed E-state index contributed by atoms with van der Waals surface area (Å²) in [6, 6.07) is 5.69. The van der Waals surface area contributed by atoms with Crippen LogP contribution >= 0.6 is 0 Å². The molecule has 15 heavy (non-hydrogen) atoms. The molecule has 0 aliphatic rings. The quantitative estimate of drug-likeness (QED) is 0.792. The van der Waals surface area contributed by atoms with Gasteiger partial charge in [0.15, 0.2) is 0 Å². The van der Waals surface area contributed by atoms with Crippen LogP contribution in [0, 0.1) is 6.07 Å². The van der Waals surface area contributed by atoms with Gasteiger partial charge in [-0.1, -0.05) is 18.7 Å². The zero-order valence-corrected chi connectivity index (χ0v) is 9.05. The van der Waals surface area contributed by atoms with E-state index in [0.29, 0.717) is 5.41 Å². The Kier molecular flexibility index (Phi) is 2.98. The molecule has 0 unspecified atom stereocenters. The Labute approximate surface area is 87.7 Å². The van der Waals surface area contributed by atoms with Gasteiger partial charge in [-0.05, 0) is 6.07 Å². The normalized spacial score (nSPS) is 12.3. The molecule has 81 valence electrons. The van der Waals surface area contributed by atoms with Crippen molar-refractivity contribution in [3.8, 4) is 0 Å². The molecule has 0 saturated heterocycles. The van der Waals surface area contributed by atoms with Crippen molar-refractivity contribution in [2.75, 3.05) is 0 Å². The fourth-order valence-electron chi connectivity index (χ4n) is 0.915. The largest absolute Gasteiger partial charge is 0.295 e. The van der Waals surface area contributed by atoms with Gasteiger partial charge in [-0.3, -0.25) is 4.55 Å². The Morgan fingerprint density at radius 3 is 2.40 bits per heavy atom. The molecule has 0 fully saturated rings. The second kappa shape index (κ2) is 3.76. The van der Waals surface area contributed by atoms with Crippen LogP contribution in [-0.4, -0.2) is 21.4 Å². The van der Waals surface area contributed by atoms with E-state index in [2.05, 4.69) is 12.6 Å². The monoisotopic (exact) mass is 247 g/mol. The minimum Gasteiger partial charge on any atom is -0.282 e. The molecule has 0 saturated carbocycles. The maximum Gasteiger partial charge on any atom is 0.295 e. The van der Waals surface area contributed by atoms with Gasteiger partial charge in [-0.2, -0.15) is 8.42 Å². The van der Waals surface area contributed by atoms with Crippen LogP contribution < -0.4 is 0 Å². The van der Waals surface area contributed by atoms with Gasteiger partial charge >= 0.3 is 0 Å². The van der Waals surface area contributed by atoms with E-state index >= 15 is 0 Å². The van der Waals surface area contributed by atoms with Gasteiger partial charge in [-0.25, -0.2) is 8.42 Å². The lowest BCUT2D eigenvalue weighted by Gasteiger charge is -2.03. The van der Waals surface area contributed by atoms with Gasteiger partial charge in [0.25, 0.3) is 10.1 Å². The summed E-state index contributed by atoms with van der Waals surface area (Å²) in [6.45, 7) is 3.05. The molecular formula is C8H7O5S2. The number of sulfone groups is 1. The second-order valence-corrected chi connectivity index (χ2v) is 5.77. The molecule has 0 bridgehead atoms. The fourth-order valence-corrected chi connectivity index (χ4v) is 2.87. The predicted octanol–water partition coefficient (Wildman–Crippen LogP) is 0.651. The van der Waals surface area contributed by atoms with E-state index < -0.39 is 29.7 Å². The lowest BCUT2D eigenvalue weighted by molar-refractivity contribution is 0.480. The molecule has 1 N–H and O–H groups in total. The summed E-state index contributed by atoms with van der Waals surface area (Å²) in [5.41, 5.74) is 0. The summed E-state index contributed by atoms with van der Waals surface area (Å²) in [5, 5.41) is 0.591. The molecule has 1 rings (SSSR count). The van der Waals surface area contributed by atoms with E-state index in [1.54, 1.807) is 0 Å². The van der Waals surface area contributed by atoms with Gasteiger partial charge in [0.1, 0.15) is 4.90 Å². The first-order valence-electron chi connectivity index (χ1n) is 3.65. The zero-order chi connectivity index (χ0) is 11.7. The molecule has 0 spiro atoms. The summed E-state index contributed by atoms with van der Waals surface area (Å²) in [5.74, 6) is 0. The number of benzene rings is 1. The molecule has 0 aromatic heterocycles. The zero-order valence-electron chi connectivity index (χ0n) is 7.41. The maximum atomic E-state index is 11.3. The summed E-state index contributed by atoms with van der Waals surface area (Å²) < 4.78 is 53.2. The van der Waals surface area contributed by atoms with E-state index in [1.165, 1.54) is 12.1 Å². The van der Waals surface area contributed by atoms with Crippen molar-refractivity contribution in [1.29, 1.82) is 0 Å². The molecule has 1 aromatic carbocycles. The molecule has 0 aliphatic carbocycles. The van der Waals surface area contributed by atoms with Crippen molar-refractivity contribution < 1.29 is 21.4 Å². The van der Waals surface area contributed by atoms with E-state index in [4.69, 9.17) is 4.55 Å². The Morgan fingerprint density at radius 1 is 1.33 bits per heavy atom. The van der Waals surface area contributed by atoms with Gasteiger partial charge in [0, 0.05) is 11.5 Å². The van der Waals surface area contributed by atoms with Crippen molar-refractivity contribution in [1.82, 2.24) is 0 Å². The van der Waals surface area contributed by atoms with E-state index in [9.17, 15) is 16.8 Å². The summed E-state index contributed by atoms with van der Waals surface area (Å²) in [4.78, 5) is -1.31. The summed E-state index contributed by atoms with van der Waals surface area (Å²) >= 11 is 0. The van der Waals surface area contributed by atoms with Crippen LogP contribution in [-0.2, 0) is 20.0 Å². The first kappa shape index (κ1) is 11.9. The van der Waals surface area contributed by atoms with Crippen molar-refractivity contribution in [3.05, 3.63) is 36.3 Å². The second-order valence-electron chi connectivity index (χ2n) is 2.55. The number of hydrogen-bond acceptors (Lipinski definition) is 4. The van der Waals surface area contributed by atoms with Gasteiger partial charge in [0.05, 0.1) is 4.90 Å². The molecule has 5 nitrogen and oxygen atoms in total. The Balaban J connectivity index is 3.66. The first-order valence-corrected chi connectivity index (χ1v) is 6.63. The van der Waals surface area contributed by atoms with E-state index in [-0.39, 0.29) is 0 Å². The van der Waals surface area contributed by atoms with Crippen molar-refractivity contribution in [3.63, 3.8) is 0 Å². The third-order valence-corrected chi connectivity index (χ3v) is 3.93. The van der Waals surface area contributed by atoms with Crippen LogP contribution in [0.1, 0.15) is 0 Å². The SMILES string of the molecule is C=CS(=O)(=O)c1[c]cccc1S(=O)(=O)O. The van der Waals surface area contributed by atoms with Crippen molar-refractivity contribution in [2.45, 2.75) is 9.79 Å². The third kappa shape index (κ3) is 2.44. The van der Waals surface area contributed by atoms with Crippen LogP contribution in [0.5, 0.6) is 0 Å². The Hall–Kier alpha value is -1.18. The van der Waals surface area contributed by atoms with Crippen LogP contribution in [0.15, 0.2) is 40.0 Å². The van der Waals surface area contributed by atoms with Gasteiger partial charge in [0.2, 0.25) is 9.84 Å². The standard InChI is InChI=1S/C8H7O5S2/c1-2-14(9,10)7-5-3-4-6-8(7)15(11,12)13/h2-4,6H,1H2,(H,11,12,13). The maximum absolute atomic E-state index is 11.3. The van der Waals surface area contributed by atoms with Crippen LogP contribution in [0.4, 0.5) is 0 Å². The first-order chi connectivity index (χ1) is 6.79. The molecule has 1 radical (unpaired) electrons. The lowest BCUT2D eigenvalue weighted by atomic mass is 10.4. The van der Waals surface area contributed by atoms with Crippen molar-refractivity contribution >= 4 is 20.0 Å². The molecule has 0 atom stereocenters. The van der Waals surface area contributed by atoms with Gasteiger partial charge in [-0.15, -0.1) is 0 Å². The van der Waals surface area contributed by atoms with Crippen LogP contribution in [0.25, 0.3) is 0 Å². The highest BCUT2D eigenvalue weighted by molar-refractivity contribution is 7.95. The highest BCUT2D eigenvalue weighted by Crippen LogP contribution is 2.21. The Bertz CT molecular complexity index is 583. The molecular weight excluding hydrogens is 240 g/mol. The highest BCUT2D eigenvalue weighted by Gasteiger charge is 2.22. The Morgan fingerprint density at radius 2 is 1.93 bits per heavy atom. The minimum atomic E-state index is -4.58. The van der Waals surface area contributed by atoms with Crippen LogP contribution in [0.2, 0.25) is 0 Å². The molecule has 0 amide bonds. The average molecular weight is 247 g/mol. The predicted molar refractivity (Wildman–Crippen MR) is 52.5 cm³/mol. The van der Waals surface area contributed by atoms with Gasteiger partial charge < -0.3 is 0 Å². The van der Waals surface area contributed by atoms with Crippen LogP contribution in [0.3, 0.4) is 0 Å². The highest BCUT2D eigenvalue weighted by atomic mass is 32.2. The minimum absolute atomic E-state index is 0.591. The topological polar surface area (TPSA) is 88.5 Å². The lowest BCUT2D eigenvalue weighted by Crippen LogP contribution is -2.06. The smallest absolute Gasteiger partial charge is 0.282 e. The molecule has 0 heterocycles. The van der Waals surface area contributed by atoms with Crippen molar-refractivity contribution in [2.24, 2.45) is 0 Å². The molecule has 7 heteroatoms. The number of hydrogen-bond donors (Lipinski definition) is 1. The fraction of sp³-hybridized carbons (Fsp3) is 0. The molecule has 1 aromatic rings. The van der Waals surface area contributed by atoms with E-state index in [1.807, 2.05) is 0 Å². The summed E-state index contributed by atoms with van der Waals surface area (Å²) in [6.07, 6.45) is 0. The van der Waals surface area contributed by atoms with E-state index in [0.717, 1.165) is 6.07 Å². The summed E-state index contributed by atoms with van der Waals surface area (Å²) in [7, 11) is -8.53. The average Bonchev–Trinajstić information content (AvgIpc) is 2.16. The molecule has 0 aliphatic heterocycles. The number of rotatable bonds is 3. The third-order valence-electron chi connectivity index (χ3n) is 1.56.